The summed E-state index contributed by atoms with van der Waals surface area (Å²) >= 11 is 4.08. The van der Waals surface area contributed by atoms with Crippen LogP contribution in [0.2, 0.25) is 0 Å². The normalized spacial score (nSPS) is 2.50. The molecule has 0 rings (SSSR count). The summed E-state index contributed by atoms with van der Waals surface area (Å²) in [5, 5.41) is 0. The fourth-order valence-corrected chi connectivity index (χ4v) is 0. The fraction of sp³-hybridized carbons (Fsp3) is 0.500. The Morgan fingerprint density at radius 2 is 1.50 bits per heavy atom. The molecule has 0 atom stereocenters. The maximum absolute atomic E-state index is 8.00. The second-order valence-corrected chi connectivity index (χ2v) is 0. The Labute approximate surface area is 31.4 Å². The smallest absolute Gasteiger partial charge is 0.106 e. The molecule has 0 amide bonds. The highest BCUT2D eigenvalue weighted by atomic mass is 32.1. The monoisotopic (exact) mass is 77.0 g/mol. The van der Waals surface area contributed by atoms with Gasteiger partial charge in [0.25, 0.3) is 0 Å². The van der Waals surface area contributed by atoms with Gasteiger partial charge in [-0.15, -0.1) is 0 Å². The maximum atomic E-state index is 8.00. The molecule has 0 aromatic heterocycles. The van der Waals surface area contributed by atoms with Crippen LogP contribution in [0.4, 0.5) is 0 Å². The van der Waals surface area contributed by atoms with Crippen LogP contribution in [0, 0.1) is 0 Å². The highest BCUT2D eigenvalue weighted by Gasteiger charge is 0.636. The predicted molar refractivity (Wildman–Crippen MR) is 20.4 cm³/mol. The van der Waals surface area contributed by atoms with Crippen LogP contribution >= 0.6 is 0 Å². The van der Waals surface area contributed by atoms with Crippen molar-refractivity contribution in [2.45, 2.75) is 0 Å². The van der Waals surface area contributed by atoms with Crippen LogP contribution in [-0.2, 0) is 17.4 Å². The molecule has 0 aromatic rings. The van der Waals surface area contributed by atoms with Gasteiger partial charge in [-0.25, -0.2) is 0 Å². The minimum atomic E-state index is 1.58. The topological polar surface area (TPSA) is 17.1 Å². The molecule has 0 aliphatic carbocycles. The van der Waals surface area contributed by atoms with Crippen molar-refractivity contribution in [3.05, 3.63) is 0 Å². The summed E-state index contributed by atoms with van der Waals surface area (Å²) in [6.07, 6.45) is 1.58. The first-order valence-electron chi connectivity index (χ1n) is 0.697. The average Bonchev–Trinajstić information content (AvgIpc) is 1.50. The molecule has 0 spiro atoms. The minimum Gasteiger partial charge on any atom is -0.796 e. The molecule has 0 aliphatic heterocycles. The van der Waals surface area contributed by atoms with E-state index in [1.54, 1.807) is 6.26 Å². The van der Waals surface area contributed by atoms with E-state index in [1.165, 1.54) is 0 Å². The molecule has 4 heavy (non-hydrogen) atoms. The Bertz CT molecular complexity index is 6.00. The predicted octanol–water partition coefficient (Wildman–Crippen LogP) is -0.0218. The summed E-state index contributed by atoms with van der Waals surface area (Å²) in [4.78, 5) is 8.00. The number of hydrogen-bond donors (Lipinski definition) is 0. The van der Waals surface area contributed by atoms with Crippen LogP contribution in [0.5, 0.6) is 0 Å². The second kappa shape index (κ2) is 30800. The van der Waals surface area contributed by atoms with E-state index in [-0.39, 0.29) is 0 Å². The number of hydrogen-bond acceptors (Lipinski definition) is 2. The first-order chi connectivity index (χ1) is 2.00. The lowest BCUT2D eigenvalue weighted by molar-refractivity contribution is -0.0979. The molecule has 0 heterocycles. The standard InChI is InChI=1S/CH2O.CH4S/c2*1-2/h1H2;2H,1H3/p-1. The molecule has 0 saturated heterocycles. The van der Waals surface area contributed by atoms with Crippen molar-refractivity contribution in [1.82, 2.24) is 0 Å². The zero-order valence-electron chi connectivity index (χ0n) is 2.52. The van der Waals surface area contributed by atoms with Crippen molar-refractivity contribution >= 4 is 19.4 Å². The number of carbonyl (C=O) groups excluding carboxylic acids is 1. The van der Waals surface area contributed by atoms with E-state index < -0.39 is 0 Å². The van der Waals surface area contributed by atoms with Gasteiger partial charge in [-0.1, -0.05) is 0 Å². The molecule has 26 valence electrons. The Kier molecular flexibility index (Phi) is 69200. The number of carbonyl (C=O) groups is 1. The summed E-state index contributed by atoms with van der Waals surface area (Å²) in [6.45, 7) is 2.00. The van der Waals surface area contributed by atoms with Gasteiger partial charge in [-0.05, 0) is 0 Å². The lowest BCUT2D eigenvalue weighted by atomic mass is 11.9. The molecular weight excluding hydrogens is 72.1 g/mol. The van der Waals surface area contributed by atoms with Gasteiger partial charge in [0.15, 0.2) is 0 Å². The third-order valence-corrected chi connectivity index (χ3v) is 0. The first-order valence-corrected chi connectivity index (χ1v) is 1.51. The molecule has 0 bridgehead atoms. The van der Waals surface area contributed by atoms with Crippen molar-refractivity contribution in [2.75, 3.05) is 6.26 Å². The van der Waals surface area contributed by atoms with Crippen molar-refractivity contribution < 1.29 is 4.79 Å². The van der Waals surface area contributed by atoms with Crippen LogP contribution in [0.3, 0.4) is 0 Å². The Morgan fingerprint density at radius 1 is 1.50 bits per heavy atom. The summed E-state index contributed by atoms with van der Waals surface area (Å²) in [6, 6.07) is 0. The highest BCUT2D eigenvalue weighted by molar-refractivity contribution is 7.57. The van der Waals surface area contributed by atoms with E-state index in [4.69, 9.17) is 4.79 Å². The summed E-state index contributed by atoms with van der Waals surface area (Å²) in [5.41, 5.74) is 0. The van der Waals surface area contributed by atoms with Crippen LogP contribution in [0.25, 0.3) is 0 Å². The second-order valence-electron chi connectivity index (χ2n) is 0. The SMILES string of the molecule is C=O.C[S-]. The van der Waals surface area contributed by atoms with E-state index in [0.29, 0.717) is 0 Å². The zero-order chi connectivity index (χ0) is 4.00. The molecule has 0 unspecified atom stereocenters. The Morgan fingerprint density at radius 3 is 1.50 bits per heavy atom. The molecule has 0 radical (unpaired) electrons. The van der Waals surface area contributed by atoms with Gasteiger partial charge in [0.05, 0.1) is 0 Å². The van der Waals surface area contributed by atoms with E-state index in [9.17, 15) is 0 Å². The molecule has 0 fully saturated rings. The van der Waals surface area contributed by atoms with E-state index >= 15 is 0 Å². The summed E-state index contributed by atoms with van der Waals surface area (Å²) in [7, 11) is 0. The van der Waals surface area contributed by atoms with Gasteiger partial charge in [0, 0.05) is 0 Å². The van der Waals surface area contributed by atoms with Crippen molar-refractivity contribution in [3.8, 4) is 0 Å². The van der Waals surface area contributed by atoms with Gasteiger partial charge >= 0.3 is 0 Å². The highest BCUT2D eigenvalue weighted by Crippen LogP contribution is 0.902. The third kappa shape index (κ3) is 5250. The van der Waals surface area contributed by atoms with Gasteiger partial charge in [-0.2, -0.15) is 6.26 Å². The van der Waals surface area contributed by atoms with Crippen molar-refractivity contribution in [1.29, 1.82) is 0 Å². The van der Waals surface area contributed by atoms with Gasteiger partial charge in [-0.3, -0.25) is 0 Å². The van der Waals surface area contributed by atoms with Gasteiger partial charge < -0.3 is 17.4 Å². The van der Waals surface area contributed by atoms with Crippen LogP contribution in [-0.4, -0.2) is 13.0 Å². The molecule has 0 saturated carbocycles. The average molecular weight is 77.1 g/mol. The molecule has 2 heteroatoms. The molecule has 0 aromatic carbocycles. The molecule has 1 nitrogen and oxygen atoms in total. The van der Waals surface area contributed by atoms with Crippen LogP contribution in [0.1, 0.15) is 0 Å². The molecule has 0 aliphatic rings. The van der Waals surface area contributed by atoms with E-state index in [2.05, 4.69) is 12.6 Å². The lowest BCUT2D eigenvalue weighted by Gasteiger charge is -1.54. The molecular formula is C2H5OS-. The first kappa shape index (κ1) is 8.99. The third-order valence-electron chi connectivity index (χ3n) is 0. The van der Waals surface area contributed by atoms with Crippen molar-refractivity contribution in [2.24, 2.45) is 0 Å². The quantitative estimate of drug-likeness (QED) is 0.378. The summed E-state index contributed by atoms with van der Waals surface area (Å²) < 4.78 is 0. The van der Waals surface area contributed by atoms with E-state index in [1.807, 2.05) is 6.79 Å². The van der Waals surface area contributed by atoms with E-state index in [0.717, 1.165) is 0 Å². The molecule has 0 N–H and O–H groups in total. The number of rotatable bonds is 0. The van der Waals surface area contributed by atoms with Crippen LogP contribution in [0.15, 0.2) is 0 Å². The lowest BCUT2D eigenvalue weighted by Crippen LogP contribution is -1.11. The van der Waals surface area contributed by atoms with Gasteiger partial charge in [0.2, 0.25) is 0 Å². The van der Waals surface area contributed by atoms with Crippen molar-refractivity contribution in [3.63, 3.8) is 0 Å². The summed E-state index contributed by atoms with van der Waals surface area (Å²) in [5.74, 6) is 0. The maximum Gasteiger partial charge on any atom is 0.106 e. The Balaban J connectivity index is 0. The fourth-order valence-electron chi connectivity index (χ4n) is 0. The minimum absolute atomic E-state index is 1.58. The largest absolute Gasteiger partial charge is 0.796 e. The Hall–Kier alpha value is 0.0200. The van der Waals surface area contributed by atoms with Crippen LogP contribution < -0.4 is 0 Å². The zero-order valence-corrected chi connectivity index (χ0v) is 3.34. The van der Waals surface area contributed by atoms with Gasteiger partial charge in [0.1, 0.15) is 6.79 Å².